The summed E-state index contributed by atoms with van der Waals surface area (Å²) in [5, 5.41) is 9.20. The van der Waals surface area contributed by atoms with Crippen LogP contribution in [0.15, 0.2) is 4.79 Å². The summed E-state index contributed by atoms with van der Waals surface area (Å²) in [4.78, 5) is 43.7. The zero-order valence-corrected chi connectivity index (χ0v) is 12.9. The fourth-order valence-electron chi connectivity index (χ4n) is 2.91. The molecule has 1 amide bonds. The Hall–Kier alpha value is -2.18. The van der Waals surface area contributed by atoms with E-state index in [0.717, 1.165) is 12.8 Å². The Labute approximate surface area is 128 Å². The van der Waals surface area contributed by atoms with E-state index in [-0.39, 0.29) is 24.3 Å². The molecule has 1 fully saturated rings. The second-order valence-corrected chi connectivity index (χ2v) is 5.65. The molecule has 7 nitrogen and oxygen atoms in total. The summed E-state index contributed by atoms with van der Waals surface area (Å²) >= 11 is 0. The van der Waals surface area contributed by atoms with Gasteiger partial charge < -0.3 is 15.0 Å². The van der Waals surface area contributed by atoms with Crippen molar-refractivity contribution in [2.75, 3.05) is 6.54 Å². The molecule has 0 aliphatic carbocycles. The van der Waals surface area contributed by atoms with Crippen LogP contribution in [0.3, 0.4) is 0 Å². The number of hydrogen-bond acceptors (Lipinski definition) is 4. The van der Waals surface area contributed by atoms with Gasteiger partial charge in [-0.3, -0.25) is 9.59 Å². The van der Waals surface area contributed by atoms with Gasteiger partial charge in [0, 0.05) is 24.2 Å². The van der Waals surface area contributed by atoms with E-state index in [0.29, 0.717) is 30.0 Å². The molecule has 1 saturated heterocycles. The Bertz CT molecular complexity index is 638. The van der Waals surface area contributed by atoms with Gasteiger partial charge in [0.2, 0.25) is 5.91 Å². The van der Waals surface area contributed by atoms with Crippen LogP contribution in [0.5, 0.6) is 0 Å². The molecule has 0 unspecified atom stereocenters. The third-order valence-corrected chi connectivity index (χ3v) is 4.04. The van der Waals surface area contributed by atoms with Crippen LogP contribution in [-0.2, 0) is 16.0 Å². The number of carbonyl (C=O) groups is 2. The Kier molecular flexibility index (Phi) is 4.95. The molecule has 1 aliphatic rings. The first-order valence-electron chi connectivity index (χ1n) is 7.49. The first kappa shape index (κ1) is 16.2. The van der Waals surface area contributed by atoms with Crippen LogP contribution in [0.4, 0.5) is 0 Å². The smallest absolute Gasteiger partial charge is 0.326 e. The minimum atomic E-state index is -0.959. The molecule has 2 heterocycles. The van der Waals surface area contributed by atoms with E-state index >= 15 is 0 Å². The van der Waals surface area contributed by atoms with Crippen LogP contribution >= 0.6 is 0 Å². The summed E-state index contributed by atoms with van der Waals surface area (Å²) in [5.41, 5.74) is 0.872. The molecule has 0 saturated carbocycles. The highest BCUT2D eigenvalue weighted by Gasteiger charge is 2.31. The number of carboxylic acid groups (broad SMARTS) is 1. The maximum atomic E-state index is 12.3. The number of piperidine rings is 1. The van der Waals surface area contributed by atoms with E-state index < -0.39 is 12.0 Å². The SMILES string of the molecule is Cc1nc(C)c(CCC(=O)N2CCCC[C@@H]2C(=O)O)c(=O)[nH]1. The molecule has 1 atom stereocenters. The summed E-state index contributed by atoms with van der Waals surface area (Å²) in [6.07, 6.45) is 2.53. The summed E-state index contributed by atoms with van der Waals surface area (Å²) in [6.45, 7) is 3.91. The third-order valence-electron chi connectivity index (χ3n) is 4.04. The first-order valence-corrected chi connectivity index (χ1v) is 7.49. The Morgan fingerprint density at radius 2 is 2.09 bits per heavy atom. The van der Waals surface area contributed by atoms with Gasteiger partial charge in [0.25, 0.3) is 5.56 Å². The van der Waals surface area contributed by atoms with Gasteiger partial charge in [0.1, 0.15) is 11.9 Å². The number of hydrogen-bond donors (Lipinski definition) is 2. The number of nitrogens with one attached hydrogen (secondary N) is 1. The maximum absolute atomic E-state index is 12.3. The Balaban J connectivity index is 2.06. The largest absolute Gasteiger partial charge is 0.480 e. The van der Waals surface area contributed by atoms with Crippen molar-refractivity contribution in [3.63, 3.8) is 0 Å². The fourth-order valence-corrected chi connectivity index (χ4v) is 2.91. The molecule has 2 rings (SSSR count). The second-order valence-electron chi connectivity index (χ2n) is 5.65. The predicted octanol–water partition coefficient (Wildman–Crippen LogP) is 0.785. The molecule has 1 aromatic heterocycles. The number of aliphatic carboxylic acids is 1. The van der Waals surface area contributed by atoms with E-state index in [2.05, 4.69) is 9.97 Å². The van der Waals surface area contributed by atoms with Gasteiger partial charge in [0.15, 0.2) is 0 Å². The number of amides is 1. The van der Waals surface area contributed by atoms with Crippen LogP contribution in [-0.4, -0.2) is 44.4 Å². The molecule has 1 aromatic rings. The van der Waals surface area contributed by atoms with Crippen LogP contribution < -0.4 is 5.56 Å². The molecule has 1 aliphatic heterocycles. The van der Waals surface area contributed by atoms with Crippen molar-refractivity contribution in [3.05, 3.63) is 27.4 Å². The highest BCUT2D eigenvalue weighted by Crippen LogP contribution is 2.18. The van der Waals surface area contributed by atoms with E-state index in [1.165, 1.54) is 4.90 Å². The number of nitrogens with zero attached hydrogens (tertiary/aromatic N) is 2. The minimum absolute atomic E-state index is 0.123. The molecule has 120 valence electrons. The maximum Gasteiger partial charge on any atom is 0.326 e. The molecule has 22 heavy (non-hydrogen) atoms. The van der Waals surface area contributed by atoms with Crippen LogP contribution in [0.25, 0.3) is 0 Å². The van der Waals surface area contributed by atoms with Crippen LogP contribution in [0, 0.1) is 13.8 Å². The topological polar surface area (TPSA) is 103 Å². The Morgan fingerprint density at radius 1 is 1.36 bits per heavy atom. The van der Waals surface area contributed by atoms with Gasteiger partial charge >= 0.3 is 5.97 Å². The molecule has 2 N–H and O–H groups in total. The van der Waals surface area contributed by atoms with Crippen molar-refractivity contribution >= 4 is 11.9 Å². The van der Waals surface area contributed by atoms with Gasteiger partial charge in [-0.15, -0.1) is 0 Å². The zero-order chi connectivity index (χ0) is 16.3. The minimum Gasteiger partial charge on any atom is -0.480 e. The van der Waals surface area contributed by atoms with E-state index in [1.807, 2.05) is 0 Å². The van der Waals surface area contributed by atoms with Gasteiger partial charge in [-0.05, 0) is 39.5 Å². The average molecular weight is 307 g/mol. The van der Waals surface area contributed by atoms with Crippen molar-refractivity contribution < 1.29 is 14.7 Å². The van der Waals surface area contributed by atoms with Gasteiger partial charge in [-0.25, -0.2) is 9.78 Å². The van der Waals surface area contributed by atoms with Crippen LogP contribution in [0.2, 0.25) is 0 Å². The summed E-state index contributed by atoms with van der Waals surface area (Å²) in [7, 11) is 0. The highest BCUT2D eigenvalue weighted by atomic mass is 16.4. The van der Waals surface area contributed by atoms with E-state index in [1.54, 1.807) is 13.8 Å². The number of carboxylic acids is 1. The predicted molar refractivity (Wildman–Crippen MR) is 79.6 cm³/mol. The summed E-state index contributed by atoms with van der Waals surface area (Å²) in [6, 6.07) is -0.739. The lowest BCUT2D eigenvalue weighted by molar-refractivity contribution is -0.152. The molecular weight excluding hydrogens is 286 g/mol. The number of rotatable bonds is 4. The lowest BCUT2D eigenvalue weighted by atomic mass is 10.0. The van der Waals surface area contributed by atoms with Crippen LogP contribution in [0.1, 0.15) is 42.8 Å². The van der Waals surface area contributed by atoms with Gasteiger partial charge in [-0.2, -0.15) is 0 Å². The van der Waals surface area contributed by atoms with Crippen molar-refractivity contribution in [2.45, 2.75) is 52.0 Å². The highest BCUT2D eigenvalue weighted by molar-refractivity contribution is 5.84. The fraction of sp³-hybridized carbons (Fsp3) is 0.600. The number of aryl methyl sites for hydroxylation is 2. The van der Waals surface area contributed by atoms with E-state index in [4.69, 9.17) is 0 Å². The zero-order valence-electron chi connectivity index (χ0n) is 12.9. The lowest BCUT2D eigenvalue weighted by Crippen LogP contribution is -2.48. The number of aromatic amines is 1. The molecule has 7 heteroatoms. The van der Waals surface area contributed by atoms with Crippen molar-refractivity contribution in [1.82, 2.24) is 14.9 Å². The normalized spacial score (nSPS) is 18.3. The standard InChI is InChI=1S/C15H21N3O4/c1-9-11(14(20)17-10(2)16-9)6-7-13(19)18-8-4-3-5-12(18)15(21)22/h12H,3-8H2,1-2H3,(H,21,22)(H,16,17,20)/t12-/m1/s1. The second kappa shape index (κ2) is 6.72. The van der Waals surface area contributed by atoms with Gasteiger partial charge in [0.05, 0.1) is 0 Å². The number of carbonyl (C=O) groups excluding carboxylic acids is 1. The van der Waals surface area contributed by atoms with Crippen molar-refractivity contribution in [3.8, 4) is 0 Å². The monoisotopic (exact) mass is 307 g/mol. The summed E-state index contributed by atoms with van der Waals surface area (Å²) in [5.74, 6) is -0.634. The molecular formula is C15H21N3O4. The average Bonchev–Trinajstić information content (AvgIpc) is 2.45. The molecule has 0 radical (unpaired) electrons. The third kappa shape index (κ3) is 3.52. The number of aromatic nitrogens is 2. The molecule has 0 bridgehead atoms. The van der Waals surface area contributed by atoms with Crippen molar-refractivity contribution in [2.24, 2.45) is 0 Å². The number of H-pyrrole nitrogens is 1. The number of likely N-dealkylation sites (tertiary alicyclic amines) is 1. The molecule has 0 aromatic carbocycles. The lowest BCUT2D eigenvalue weighted by Gasteiger charge is -2.33. The van der Waals surface area contributed by atoms with Gasteiger partial charge in [-0.1, -0.05) is 0 Å². The quantitative estimate of drug-likeness (QED) is 0.855. The van der Waals surface area contributed by atoms with E-state index in [9.17, 15) is 19.5 Å². The molecule has 0 spiro atoms. The Morgan fingerprint density at radius 3 is 2.73 bits per heavy atom. The summed E-state index contributed by atoms with van der Waals surface area (Å²) < 4.78 is 0. The first-order chi connectivity index (χ1) is 10.4. The van der Waals surface area contributed by atoms with Crippen molar-refractivity contribution in [1.29, 1.82) is 0 Å².